The second kappa shape index (κ2) is 14.9. The van der Waals surface area contributed by atoms with Gasteiger partial charge in [0.25, 0.3) is 0 Å². The van der Waals surface area contributed by atoms with Gasteiger partial charge in [-0.1, -0.05) is 29.3 Å². The maximum Gasteiger partial charge on any atom is 0.387 e. The van der Waals surface area contributed by atoms with Crippen molar-refractivity contribution in [3.63, 3.8) is 0 Å². The Labute approximate surface area is 295 Å². The second-order valence-corrected chi connectivity index (χ2v) is 15.6. The van der Waals surface area contributed by atoms with Gasteiger partial charge in [0.05, 0.1) is 11.5 Å². The molecule has 49 heavy (non-hydrogen) atoms. The van der Waals surface area contributed by atoms with Crippen molar-refractivity contribution in [3.05, 3.63) is 81.2 Å². The summed E-state index contributed by atoms with van der Waals surface area (Å²) in [4.78, 5) is 27.5. The predicted octanol–water partition coefficient (Wildman–Crippen LogP) is 5.73. The van der Waals surface area contributed by atoms with E-state index in [1.807, 2.05) is 0 Å². The number of carbonyl (C=O) groups is 2. The van der Waals surface area contributed by atoms with Crippen LogP contribution in [0.15, 0.2) is 59.8 Å². The van der Waals surface area contributed by atoms with E-state index in [0.29, 0.717) is 34.7 Å². The summed E-state index contributed by atoms with van der Waals surface area (Å²) >= 11 is 13.8. The van der Waals surface area contributed by atoms with Crippen molar-refractivity contribution in [1.29, 1.82) is 0 Å². The van der Waals surface area contributed by atoms with E-state index < -0.39 is 34.1 Å². The molecule has 3 aromatic rings. The van der Waals surface area contributed by atoms with Gasteiger partial charge in [0.15, 0.2) is 29.3 Å². The van der Waals surface area contributed by atoms with E-state index in [0.717, 1.165) is 47.7 Å². The number of pyridine rings is 1. The molecule has 3 fully saturated rings. The van der Waals surface area contributed by atoms with Gasteiger partial charge in [-0.15, -0.1) is 11.8 Å². The number of benzene rings is 2. The fourth-order valence-electron chi connectivity index (χ4n) is 5.60. The van der Waals surface area contributed by atoms with Gasteiger partial charge < -0.3 is 24.3 Å². The number of ether oxygens (including phenoxy) is 3. The van der Waals surface area contributed by atoms with Crippen LogP contribution < -0.4 is 19.1 Å². The van der Waals surface area contributed by atoms with E-state index in [9.17, 15) is 32.0 Å². The molecule has 262 valence electrons. The Balaban J connectivity index is 1.28. The predicted molar refractivity (Wildman–Crippen MR) is 177 cm³/mol. The summed E-state index contributed by atoms with van der Waals surface area (Å²) in [6, 6.07) is 10.0. The molecule has 11 nitrogen and oxygen atoms in total. The van der Waals surface area contributed by atoms with Gasteiger partial charge in [-0.25, -0.2) is 13.2 Å². The van der Waals surface area contributed by atoms with Crippen LogP contribution in [-0.4, -0.2) is 62.0 Å². The Morgan fingerprint density at radius 2 is 1.78 bits per heavy atom. The molecule has 2 aromatic carbocycles. The molecule has 0 spiro atoms. The number of rotatable bonds is 13. The zero-order valence-corrected chi connectivity index (χ0v) is 29.0. The van der Waals surface area contributed by atoms with E-state index in [2.05, 4.69) is 4.74 Å². The van der Waals surface area contributed by atoms with Crippen molar-refractivity contribution < 1.29 is 45.7 Å². The smallest absolute Gasteiger partial charge is 0.387 e. The minimum atomic E-state index is -4.18. The SMILES string of the molecule is O=C(O[C@@H](Cc1c(Cl)c[n+]([O-])cc1Cl)c1ccc(OC(F)F)c(OCC2CC2)c1)[C@@H]1SCCN1S(=O)(=O)c1ccc(N2CCCC2=O)cc1. The zero-order valence-electron chi connectivity index (χ0n) is 25.8. The van der Waals surface area contributed by atoms with Gasteiger partial charge >= 0.3 is 12.6 Å². The lowest BCUT2D eigenvalue weighted by atomic mass is 10.0. The molecule has 0 unspecified atom stereocenters. The standard InChI is InChI=1S/C32H31Cl2F2N3O8S2/c33-24-16-37(42)17-25(34)23(24)15-27(20-5-10-26(47-32(35)36)28(14-20)45-18-19-3-4-19)46-31(41)30-39(12-13-48-30)49(43,44)22-8-6-21(7-9-22)38-11-1-2-29(38)40/h5-10,14,16-17,19,27,30,32H,1-4,11-13,15,18H2/t27-,30-/m0/s1. The molecule has 2 aliphatic heterocycles. The van der Waals surface area contributed by atoms with Crippen molar-refractivity contribution in [2.24, 2.45) is 5.92 Å². The summed E-state index contributed by atoms with van der Waals surface area (Å²) in [6.45, 7) is -2.26. The van der Waals surface area contributed by atoms with Crippen LogP contribution in [0, 0.1) is 11.1 Å². The molecule has 0 N–H and O–H groups in total. The molecule has 3 aliphatic rings. The Hall–Kier alpha value is -3.37. The number of hydrogen-bond acceptors (Lipinski definition) is 9. The van der Waals surface area contributed by atoms with Crippen LogP contribution in [0.3, 0.4) is 0 Å². The molecule has 3 heterocycles. The van der Waals surface area contributed by atoms with E-state index in [-0.39, 0.29) is 63.4 Å². The minimum absolute atomic E-state index is 0.00641. The molecule has 17 heteroatoms. The molecule has 2 saturated heterocycles. The third-order valence-electron chi connectivity index (χ3n) is 8.31. The van der Waals surface area contributed by atoms with E-state index >= 15 is 0 Å². The first-order valence-corrected chi connectivity index (χ1v) is 18.7. The summed E-state index contributed by atoms with van der Waals surface area (Å²) < 4.78 is 71.9. The monoisotopic (exact) mass is 757 g/mol. The highest BCUT2D eigenvalue weighted by Gasteiger charge is 2.42. The lowest BCUT2D eigenvalue weighted by Gasteiger charge is -2.26. The molecule has 1 aromatic heterocycles. The fourth-order valence-corrected chi connectivity index (χ4v) is 9.25. The molecule has 1 aliphatic carbocycles. The van der Waals surface area contributed by atoms with Crippen LogP contribution in [0.4, 0.5) is 14.5 Å². The molecule has 0 radical (unpaired) electrons. The van der Waals surface area contributed by atoms with Crippen molar-refractivity contribution in [2.45, 2.75) is 55.1 Å². The van der Waals surface area contributed by atoms with Crippen LogP contribution in [-0.2, 0) is 30.8 Å². The summed E-state index contributed by atoms with van der Waals surface area (Å²) in [5.41, 5.74) is 1.15. The molecular weight excluding hydrogens is 727 g/mol. The highest BCUT2D eigenvalue weighted by molar-refractivity contribution is 8.02. The first-order chi connectivity index (χ1) is 23.4. The average molecular weight is 759 g/mol. The largest absolute Gasteiger partial charge is 0.619 e. The van der Waals surface area contributed by atoms with Gasteiger partial charge in [-0.05, 0) is 67.1 Å². The van der Waals surface area contributed by atoms with Gasteiger partial charge in [-0.3, -0.25) is 4.79 Å². The molecule has 0 bridgehead atoms. The van der Waals surface area contributed by atoms with Crippen LogP contribution in [0.1, 0.15) is 42.9 Å². The number of thioether (sulfide) groups is 1. The lowest BCUT2D eigenvalue weighted by Crippen LogP contribution is -2.40. The van der Waals surface area contributed by atoms with Gasteiger partial charge in [0, 0.05) is 42.9 Å². The van der Waals surface area contributed by atoms with E-state index in [1.165, 1.54) is 30.3 Å². The van der Waals surface area contributed by atoms with Crippen molar-refractivity contribution in [1.82, 2.24) is 4.31 Å². The number of alkyl halides is 2. The number of anilines is 1. The average Bonchev–Trinajstić information content (AvgIpc) is 3.55. The molecule has 1 saturated carbocycles. The highest BCUT2D eigenvalue weighted by atomic mass is 35.5. The third kappa shape index (κ3) is 8.17. The summed E-state index contributed by atoms with van der Waals surface area (Å²) in [6.07, 6.45) is 3.87. The highest BCUT2D eigenvalue weighted by Crippen LogP contribution is 2.39. The first kappa shape index (κ1) is 35.5. The number of esters is 1. The number of aromatic nitrogens is 1. The molecule has 2 atom stereocenters. The van der Waals surface area contributed by atoms with Crippen LogP contribution in [0.5, 0.6) is 11.5 Å². The maximum absolute atomic E-state index is 13.8. The summed E-state index contributed by atoms with van der Waals surface area (Å²) in [5.74, 6) is -0.535. The quantitative estimate of drug-likeness (QED) is 0.122. The number of carbonyl (C=O) groups excluding carboxylic acids is 2. The number of sulfonamides is 1. The van der Waals surface area contributed by atoms with Gasteiger partial charge in [0.1, 0.15) is 16.1 Å². The third-order valence-corrected chi connectivity index (χ3v) is 12.2. The van der Waals surface area contributed by atoms with Crippen molar-refractivity contribution in [3.8, 4) is 11.5 Å². The number of halogens is 4. The normalized spacial score (nSPS) is 19.0. The Bertz CT molecular complexity index is 1810. The van der Waals surface area contributed by atoms with Crippen LogP contribution in [0.2, 0.25) is 10.0 Å². The Kier molecular flexibility index (Phi) is 10.7. The van der Waals surface area contributed by atoms with Gasteiger partial charge in [0.2, 0.25) is 15.9 Å². The summed E-state index contributed by atoms with van der Waals surface area (Å²) in [5, 5.41) is 10.6. The summed E-state index contributed by atoms with van der Waals surface area (Å²) in [7, 11) is -4.18. The lowest BCUT2D eigenvalue weighted by molar-refractivity contribution is -0.605. The van der Waals surface area contributed by atoms with Crippen molar-refractivity contribution in [2.75, 3.05) is 30.3 Å². The topological polar surface area (TPSA) is 129 Å². The van der Waals surface area contributed by atoms with Gasteiger partial charge in [-0.2, -0.15) is 17.8 Å². The van der Waals surface area contributed by atoms with E-state index in [4.69, 9.17) is 32.7 Å². The zero-order chi connectivity index (χ0) is 34.9. The number of amides is 1. The molecular formula is C32H31Cl2F2N3O8S2. The fraction of sp³-hybridized carbons (Fsp3) is 0.406. The second-order valence-electron chi connectivity index (χ2n) is 11.7. The van der Waals surface area contributed by atoms with Crippen LogP contribution in [0.25, 0.3) is 0 Å². The van der Waals surface area contributed by atoms with Crippen LogP contribution >= 0.6 is 35.0 Å². The molecule has 6 rings (SSSR count). The number of hydrogen-bond donors (Lipinski definition) is 0. The maximum atomic E-state index is 13.8. The Morgan fingerprint density at radius 1 is 1.06 bits per heavy atom. The first-order valence-electron chi connectivity index (χ1n) is 15.4. The van der Waals surface area contributed by atoms with Crippen molar-refractivity contribution >= 4 is 62.6 Å². The van der Waals surface area contributed by atoms with E-state index in [1.54, 1.807) is 17.0 Å². The minimum Gasteiger partial charge on any atom is -0.619 e. The number of nitrogens with zero attached hydrogens (tertiary/aromatic N) is 3. The Morgan fingerprint density at radius 3 is 2.41 bits per heavy atom. The molecule has 1 amide bonds.